The fraction of sp³-hybridized carbons (Fsp3) is 0.220. The van der Waals surface area contributed by atoms with Crippen molar-refractivity contribution in [2.75, 3.05) is 13.1 Å². The standard InChI is InChI=1S/C41H39N5O3S/c42-38(47)36-37(30-10-2-1-3-11-30)50-41(46-36)35(25-27-15-17-29-9-5-7-13-33(29)23-27)45-40(49)34(44-39(48)31-18-20-43-21-19-31)24-26-14-16-28-8-4-6-12-32(28)22-26/h1-17,22-23,31,34-35,43H,18-21,24-25H2,(H2,42,47)(H,44,48)(H,45,49)/t34-,35-/m1/s1. The van der Waals surface area contributed by atoms with E-state index in [4.69, 9.17) is 10.7 Å². The predicted octanol–water partition coefficient (Wildman–Crippen LogP) is 6.34. The molecule has 6 aromatic rings. The Morgan fingerprint density at radius 2 is 1.32 bits per heavy atom. The first-order chi connectivity index (χ1) is 24.4. The van der Waals surface area contributed by atoms with Crippen LogP contribution in [-0.4, -0.2) is 41.8 Å². The summed E-state index contributed by atoms with van der Waals surface area (Å²) in [5, 5.41) is 14.6. The van der Waals surface area contributed by atoms with Crippen molar-refractivity contribution in [2.24, 2.45) is 11.7 Å². The fourth-order valence-electron chi connectivity index (χ4n) is 6.70. The van der Waals surface area contributed by atoms with Crippen molar-refractivity contribution in [2.45, 2.75) is 37.8 Å². The maximum Gasteiger partial charge on any atom is 0.268 e. The van der Waals surface area contributed by atoms with Gasteiger partial charge in [0.05, 0.1) is 10.9 Å². The molecule has 3 amide bonds. The number of benzene rings is 5. The molecule has 1 aliphatic rings. The van der Waals surface area contributed by atoms with E-state index in [-0.39, 0.29) is 23.4 Å². The van der Waals surface area contributed by atoms with Gasteiger partial charge in [-0.1, -0.05) is 115 Å². The Morgan fingerprint density at radius 3 is 1.94 bits per heavy atom. The Kier molecular flexibility index (Phi) is 9.96. The minimum atomic E-state index is -0.832. The molecule has 2 heterocycles. The highest BCUT2D eigenvalue weighted by Crippen LogP contribution is 2.34. The van der Waals surface area contributed by atoms with Crippen LogP contribution in [0.25, 0.3) is 32.0 Å². The Bertz CT molecular complexity index is 2160. The van der Waals surface area contributed by atoms with Crippen molar-refractivity contribution in [3.05, 3.63) is 137 Å². The topological polar surface area (TPSA) is 126 Å². The summed E-state index contributed by atoms with van der Waals surface area (Å²) in [6, 6.07) is 36.7. The molecule has 0 aliphatic carbocycles. The first-order valence-electron chi connectivity index (χ1n) is 17.0. The van der Waals surface area contributed by atoms with Crippen LogP contribution < -0.4 is 21.7 Å². The summed E-state index contributed by atoms with van der Waals surface area (Å²) in [7, 11) is 0. The minimum absolute atomic E-state index is 0.116. The van der Waals surface area contributed by atoms with Gasteiger partial charge in [-0.2, -0.15) is 0 Å². The molecule has 7 rings (SSSR count). The zero-order valence-corrected chi connectivity index (χ0v) is 28.4. The lowest BCUT2D eigenvalue weighted by Crippen LogP contribution is -2.51. The number of carbonyl (C=O) groups excluding carboxylic acids is 3. The highest BCUT2D eigenvalue weighted by atomic mass is 32.1. The molecule has 252 valence electrons. The number of rotatable bonds is 11. The van der Waals surface area contributed by atoms with Gasteiger partial charge in [0.1, 0.15) is 16.7 Å². The zero-order valence-electron chi connectivity index (χ0n) is 27.6. The smallest absolute Gasteiger partial charge is 0.268 e. The predicted molar refractivity (Wildman–Crippen MR) is 200 cm³/mol. The van der Waals surface area contributed by atoms with Crippen molar-refractivity contribution >= 4 is 50.6 Å². The molecule has 0 radical (unpaired) electrons. The quantitative estimate of drug-likeness (QED) is 0.127. The number of thiazole rings is 1. The summed E-state index contributed by atoms with van der Waals surface area (Å²) in [5.41, 5.74) is 8.78. The molecular weight excluding hydrogens is 643 g/mol. The van der Waals surface area contributed by atoms with E-state index in [9.17, 15) is 14.4 Å². The highest BCUT2D eigenvalue weighted by molar-refractivity contribution is 7.15. The average molecular weight is 682 g/mol. The van der Waals surface area contributed by atoms with Gasteiger partial charge in [0.25, 0.3) is 5.91 Å². The Hall–Kier alpha value is -5.38. The van der Waals surface area contributed by atoms with Crippen LogP contribution in [0.3, 0.4) is 0 Å². The van der Waals surface area contributed by atoms with Crippen LogP contribution in [0.1, 0.15) is 45.5 Å². The van der Waals surface area contributed by atoms with Crippen LogP contribution in [0, 0.1) is 5.92 Å². The molecular formula is C41H39N5O3S. The second-order valence-electron chi connectivity index (χ2n) is 12.9. The first kappa shape index (κ1) is 33.1. The fourth-order valence-corrected chi connectivity index (χ4v) is 7.82. The van der Waals surface area contributed by atoms with E-state index >= 15 is 0 Å². The average Bonchev–Trinajstić information content (AvgIpc) is 3.61. The third-order valence-electron chi connectivity index (χ3n) is 9.38. The number of nitrogens with two attached hydrogens (primary N) is 1. The number of primary amides is 1. The number of amides is 3. The number of nitrogens with one attached hydrogen (secondary N) is 3. The monoisotopic (exact) mass is 681 g/mol. The second kappa shape index (κ2) is 15.0. The van der Waals surface area contributed by atoms with Crippen LogP contribution >= 0.6 is 11.3 Å². The zero-order chi connectivity index (χ0) is 34.5. The van der Waals surface area contributed by atoms with Gasteiger partial charge in [-0.3, -0.25) is 14.4 Å². The van der Waals surface area contributed by atoms with E-state index in [0.29, 0.717) is 22.7 Å². The molecule has 1 aromatic heterocycles. The van der Waals surface area contributed by atoms with E-state index in [1.165, 1.54) is 11.3 Å². The molecule has 9 heteroatoms. The maximum absolute atomic E-state index is 14.5. The molecule has 0 bridgehead atoms. The van der Waals surface area contributed by atoms with Crippen molar-refractivity contribution in [1.29, 1.82) is 0 Å². The van der Waals surface area contributed by atoms with Gasteiger partial charge in [-0.05, 0) is 70.6 Å². The molecule has 1 aliphatic heterocycles. The molecule has 1 saturated heterocycles. The lowest BCUT2D eigenvalue weighted by Gasteiger charge is -2.26. The van der Waals surface area contributed by atoms with Gasteiger partial charge in [0.15, 0.2) is 0 Å². The molecule has 50 heavy (non-hydrogen) atoms. The van der Waals surface area contributed by atoms with Gasteiger partial charge < -0.3 is 21.7 Å². The van der Waals surface area contributed by atoms with Crippen LogP contribution in [0.2, 0.25) is 0 Å². The first-order valence-corrected chi connectivity index (χ1v) is 17.9. The Morgan fingerprint density at radius 1 is 0.740 bits per heavy atom. The summed E-state index contributed by atoms with van der Waals surface area (Å²) in [6.07, 6.45) is 2.17. The number of aromatic nitrogens is 1. The lowest BCUT2D eigenvalue weighted by molar-refractivity contribution is -0.132. The maximum atomic E-state index is 14.5. The highest BCUT2D eigenvalue weighted by Gasteiger charge is 2.30. The number of hydrogen-bond donors (Lipinski definition) is 4. The molecule has 8 nitrogen and oxygen atoms in total. The van der Waals surface area contributed by atoms with Crippen LogP contribution in [0.15, 0.2) is 115 Å². The second-order valence-corrected chi connectivity index (χ2v) is 13.9. The molecule has 0 spiro atoms. The van der Waals surface area contributed by atoms with Gasteiger partial charge in [-0.25, -0.2) is 4.98 Å². The number of fused-ring (bicyclic) bond motifs is 2. The van der Waals surface area contributed by atoms with Crippen molar-refractivity contribution in [1.82, 2.24) is 20.9 Å². The number of carbonyl (C=O) groups is 3. The third kappa shape index (κ3) is 7.59. The summed E-state index contributed by atoms with van der Waals surface area (Å²) < 4.78 is 0. The number of nitrogens with zero attached hydrogens (tertiary/aromatic N) is 1. The normalized spacial score (nSPS) is 14.6. The van der Waals surface area contributed by atoms with E-state index in [1.54, 1.807) is 0 Å². The minimum Gasteiger partial charge on any atom is -0.364 e. The molecule has 1 fully saturated rings. The molecule has 5 aromatic carbocycles. The van der Waals surface area contributed by atoms with Gasteiger partial charge in [-0.15, -0.1) is 11.3 Å². The molecule has 0 saturated carbocycles. The molecule has 0 unspecified atom stereocenters. The van der Waals surface area contributed by atoms with Crippen LogP contribution in [-0.2, 0) is 22.4 Å². The van der Waals surface area contributed by atoms with Crippen LogP contribution in [0.5, 0.6) is 0 Å². The summed E-state index contributed by atoms with van der Waals surface area (Å²) in [4.78, 5) is 46.1. The summed E-state index contributed by atoms with van der Waals surface area (Å²) in [6.45, 7) is 1.53. The number of hydrogen-bond acceptors (Lipinski definition) is 6. The van der Waals surface area contributed by atoms with Gasteiger partial charge in [0, 0.05) is 12.3 Å². The third-order valence-corrected chi connectivity index (χ3v) is 10.6. The summed E-state index contributed by atoms with van der Waals surface area (Å²) >= 11 is 1.35. The Labute approximate surface area is 295 Å². The van der Waals surface area contributed by atoms with E-state index in [1.807, 2.05) is 78.9 Å². The van der Waals surface area contributed by atoms with Gasteiger partial charge >= 0.3 is 0 Å². The number of piperidine rings is 1. The molecule has 5 N–H and O–H groups in total. The lowest BCUT2D eigenvalue weighted by atomic mass is 9.95. The van der Waals surface area contributed by atoms with Crippen LogP contribution in [0.4, 0.5) is 0 Å². The molecule has 2 atom stereocenters. The van der Waals surface area contributed by atoms with Gasteiger partial charge in [0.2, 0.25) is 11.8 Å². The van der Waals surface area contributed by atoms with Crippen molar-refractivity contribution in [3.8, 4) is 10.4 Å². The van der Waals surface area contributed by atoms with Crippen molar-refractivity contribution < 1.29 is 14.4 Å². The Balaban J connectivity index is 1.24. The van der Waals surface area contributed by atoms with Crippen molar-refractivity contribution in [3.63, 3.8) is 0 Å². The SMILES string of the molecule is NC(=O)c1nc([C@@H](Cc2ccc3ccccc3c2)NC(=O)[C@@H](Cc2ccc3ccccc3c2)NC(=O)C2CCNCC2)sc1-c1ccccc1. The summed E-state index contributed by atoms with van der Waals surface area (Å²) in [5.74, 6) is -1.23. The largest absolute Gasteiger partial charge is 0.364 e. The van der Waals surface area contributed by atoms with E-state index < -0.39 is 18.0 Å². The van der Waals surface area contributed by atoms with E-state index in [0.717, 1.165) is 64.2 Å². The van der Waals surface area contributed by atoms with E-state index in [2.05, 4.69) is 52.3 Å².